The Labute approximate surface area is 140 Å². The average Bonchev–Trinajstić information content (AvgIpc) is 2.72. The van der Waals surface area contributed by atoms with Gasteiger partial charge in [-0.1, -0.05) is 20.8 Å². The fraction of sp³-hybridized carbons (Fsp3) is 0.571. The lowest BCUT2D eigenvalue weighted by Crippen LogP contribution is -2.35. The second-order valence-corrected chi connectivity index (χ2v) is 9.13. The molecule has 1 aromatic carbocycles. The predicted octanol–water partition coefficient (Wildman–Crippen LogP) is 4.60. The Kier molecular flexibility index (Phi) is 3.43. The van der Waals surface area contributed by atoms with E-state index in [1.54, 1.807) is 0 Å². The van der Waals surface area contributed by atoms with Crippen molar-refractivity contribution in [1.29, 1.82) is 0 Å². The number of fused-ring (bicyclic) bond motifs is 2. The van der Waals surface area contributed by atoms with Crippen LogP contribution in [0.1, 0.15) is 44.7 Å². The second-order valence-electron chi connectivity index (χ2n) is 9.13. The van der Waals surface area contributed by atoms with Crippen LogP contribution in [0.5, 0.6) is 0 Å². The van der Waals surface area contributed by atoms with Crippen LogP contribution in [-0.4, -0.2) is 26.9 Å². The van der Waals surface area contributed by atoms with Gasteiger partial charge in [0, 0.05) is 11.0 Å². The maximum atomic E-state index is 12.9. The zero-order chi connectivity index (χ0) is 17.2. The van der Waals surface area contributed by atoms with E-state index in [0.717, 1.165) is 28.5 Å². The van der Waals surface area contributed by atoms with Crippen molar-refractivity contribution < 1.29 is 4.79 Å². The summed E-state index contributed by atoms with van der Waals surface area (Å²) in [6.07, 6.45) is 4.35. The highest BCUT2D eigenvalue weighted by Crippen LogP contribution is 2.65. The van der Waals surface area contributed by atoms with E-state index in [9.17, 15) is 4.79 Å². The standard InChI is InChI=1S/C21H30NO/c1-14-12-15(8-9-18(14)22(5,6)7)13-16-17-10-11-21(4,19(16)23)20(17,2)3/h8-9,12-13,17H,10-11H2,1-7H3/q+1/b16-13+. The summed E-state index contributed by atoms with van der Waals surface area (Å²) in [4.78, 5) is 12.9. The molecule has 0 heterocycles. The van der Waals surface area contributed by atoms with E-state index in [0.29, 0.717) is 11.7 Å². The fourth-order valence-corrected chi connectivity index (χ4v) is 4.79. The maximum absolute atomic E-state index is 12.9. The number of aryl methyl sites for hydroxylation is 1. The SMILES string of the molecule is Cc1cc(/C=C2/C(=O)C3(C)CCC2C3(C)C)ccc1[N+](C)(C)C. The first-order valence-corrected chi connectivity index (χ1v) is 8.67. The number of carbonyl (C=O) groups is 1. The molecule has 23 heavy (non-hydrogen) atoms. The lowest BCUT2D eigenvalue weighted by Gasteiger charge is -2.31. The largest absolute Gasteiger partial charge is 0.298 e. The topological polar surface area (TPSA) is 17.1 Å². The van der Waals surface area contributed by atoms with E-state index < -0.39 is 0 Å². The zero-order valence-electron chi connectivity index (χ0n) is 15.7. The molecule has 3 rings (SSSR count). The van der Waals surface area contributed by atoms with Crippen LogP contribution in [0, 0.1) is 23.7 Å². The van der Waals surface area contributed by atoms with E-state index in [1.807, 2.05) is 0 Å². The molecule has 0 N–H and O–H groups in total. The van der Waals surface area contributed by atoms with Crippen molar-refractivity contribution in [3.05, 3.63) is 34.9 Å². The molecule has 2 aliphatic carbocycles. The van der Waals surface area contributed by atoms with Gasteiger partial charge >= 0.3 is 0 Å². The summed E-state index contributed by atoms with van der Waals surface area (Å²) in [5.41, 5.74) is 4.75. The number of hydrogen-bond acceptors (Lipinski definition) is 1. The van der Waals surface area contributed by atoms with E-state index in [1.165, 1.54) is 11.3 Å². The maximum Gasteiger partial charge on any atom is 0.165 e. The van der Waals surface area contributed by atoms with Crippen molar-refractivity contribution in [2.24, 2.45) is 16.7 Å². The molecule has 0 aromatic heterocycles. The van der Waals surface area contributed by atoms with Crippen LogP contribution >= 0.6 is 0 Å². The first kappa shape index (κ1) is 16.4. The van der Waals surface area contributed by atoms with Gasteiger partial charge in [0.15, 0.2) is 5.78 Å². The molecule has 2 nitrogen and oxygen atoms in total. The summed E-state index contributed by atoms with van der Waals surface area (Å²) in [6.45, 7) is 8.87. The Bertz CT molecular complexity index is 705. The molecule has 0 spiro atoms. The number of rotatable bonds is 2. The van der Waals surface area contributed by atoms with Crippen molar-refractivity contribution in [1.82, 2.24) is 4.48 Å². The van der Waals surface area contributed by atoms with E-state index in [-0.39, 0.29) is 10.8 Å². The van der Waals surface area contributed by atoms with Crippen LogP contribution in [0.2, 0.25) is 0 Å². The summed E-state index contributed by atoms with van der Waals surface area (Å²) in [7, 11) is 6.55. The van der Waals surface area contributed by atoms with Gasteiger partial charge in [0.05, 0.1) is 21.1 Å². The molecular formula is C21H30NO+. The first-order chi connectivity index (χ1) is 10.5. The quantitative estimate of drug-likeness (QED) is 0.576. The van der Waals surface area contributed by atoms with Crippen LogP contribution in [-0.2, 0) is 4.79 Å². The third-order valence-corrected chi connectivity index (χ3v) is 6.63. The van der Waals surface area contributed by atoms with Gasteiger partial charge in [0.2, 0.25) is 0 Å². The molecule has 0 radical (unpaired) electrons. The number of allylic oxidation sites excluding steroid dienone is 1. The summed E-state index contributed by atoms with van der Waals surface area (Å²) < 4.78 is 0.815. The minimum atomic E-state index is -0.166. The van der Waals surface area contributed by atoms with E-state index >= 15 is 0 Å². The second kappa shape index (κ2) is 4.80. The smallest absolute Gasteiger partial charge is 0.165 e. The third-order valence-electron chi connectivity index (χ3n) is 6.63. The Balaban J connectivity index is 2.01. The molecule has 2 fully saturated rings. The fourth-order valence-electron chi connectivity index (χ4n) is 4.79. The van der Waals surface area contributed by atoms with Gasteiger partial charge in [0.1, 0.15) is 5.69 Å². The molecule has 1 aromatic rings. The molecule has 2 atom stereocenters. The predicted molar refractivity (Wildman–Crippen MR) is 98.3 cm³/mol. The van der Waals surface area contributed by atoms with Gasteiger partial charge in [-0.25, -0.2) is 0 Å². The summed E-state index contributed by atoms with van der Waals surface area (Å²) in [5, 5.41) is 0. The Morgan fingerprint density at radius 1 is 1.17 bits per heavy atom. The number of carbonyl (C=O) groups excluding carboxylic acids is 1. The van der Waals surface area contributed by atoms with Crippen molar-refractivity contribution in [3.63, 3.8) is 0 Å². The molecule has 0 aliphatic heterocycles. The molecule has 0 amide bonds. The van der Waals surface area contributed by atoms with Gasteiger partial charge in [0.25, 0.3) is 0 Å². The van der Waals surface area contributed by atoms with Crippen LogP contribution in [0.3, 0.4) is 0 Å². The van der Waals surface area contributed by atoms with Gasteiger partial charge < -0.3 is 0 Å². The molecule has 2 bridgehead atoms. The zero-order valence-corrected chi connectivity index (χ0v) is 15.7. The monoisotopic (exact) mass is 312 g/mol. The number of ketones is 1. The summed E-state index contributed by atoms with van der Waals surface area (Å²) in [5.74, 6) is 0.797. The third kappa shape index (κ3) is 2.22. The van der Waals surface area contributed by atoms with Crippen LogP contribution in [0.15, 0.2) is 23.8 Å². The molecule has 124 valence electrons. The molecule has 0 saturated heterocycles. The molecule has 2 aliphatic rings. The minimum Gasteiger partial charge on any atom is -0.298 e. The summed E-state index contributed by atoms with van der Waals surface area (Å²) in [6, 6.07) is 6.58. The number of quaternary nitrogens is 1. The van der Waals surface area contributed by atoms with E-state index in [4.69, 9.17) is 0 Å². The van der Waals surface area contributed by atoms with Crippen molar-refractivity contribution >= 4 is 17.5 Å². The number of hydrogen-bond donors (Lipinski definition) is 0. The van der Waals surface area contributed by atoms with Crippen molar-refractivity contribution in [2.75, 3.05) is 21.1 Å². The summed E-state index contributed by atoms with van der Waals surface area (Å²) >= 11 is 0. The highest BCUT2D eigenvalue weighted by atomic mass is 16.1. The van der Waals surface area contributed by atoms with Crippen molar-refractivity contribution in [3.8, 4) is 0 Å². The average molecular weight is 312 g/mol. The van der Waals surface area contributed by atoms with Gasteiger partial charge in [-0.2, -0.15) is 0 Å². The highest BCUT2D eigenvalue weighted by Gasteiger charge is 2.63. The minimum absolute atomic E-state index is 0.0905. The van der Waals surface area contributed by atoms with Crippen LogP contribution in [0.25, 0.3) is 6.08 Å². The lowest BCUT2D eigenvalue weighted by atomic mass is 9.70. The molecule has 2 unspecified atom stereocenters. The number of Topliss-reactive ketones (excluding diaryl/α,β-unsaturated/α-hetero) is 1. The number of benzene rings is 1. The van der Waals surface area contributed by atoms with Gasteiger partial charge in [-0.15, -0.1) is 0 Å². The van der Waals surface area contributed by atoms with E-state index in [2.05, 4.69) is 73.1 Å². The van der Waals surface area contributed by atoms with Crippen LogP contribution in [0.4, 0.5) is 5.69 Å². The Morgan fingerprint density at radius 2 is 1.83 bits per heavy atom. The van der Waals surface area contributed by atoms with Gasteiger partial charge in [-0.05, 0) is 66.5 Å². The normalized spacial score (nSPS) is 31.2. The Hall–Kier alpha value is -1.41. The molecular weight excluding hydrogens is 282 g/mol. The lowest BCUT2D eigenvalue weighted by molar-refractivity contribution is -0.125. The highest BCUT2D eigenvalue weighted by molar-refractivity contribution is 6.08. The number of nitrogens with zero attached hydrogens (tertiary/aromatic N) is 1. The Morgan fingerprint density at radius 3 is 2.30 bits per heavy atom. The molecule has 2 saturated carbocycles. The van der Waals surface area contributed by atoms with Gasteiger partial charge in [-0.3, -0.25) is 9.28 Å². The van der Waals surface area contributed by atoms with Crippen LogP contribution < -0.4 is 4.48 Å². The first-order valence-electron chi connectivity index (χ1n) is 8.67. The van der Waals surface area contributed by atoms with Crippen molar-refractivity contribution in [2.45, 2.75) is 40.5 Å². The molecule has 2 heteroatoms.